The molecule has 1 aromatic heterocycles. The Hall–Kier alpha value is -2.42. The average molecular weight is 476 g/mol. The molecule has 0 radical (unpaired) electrons. The summed E-state index contributed by atoms with van der Waals surface area (Å²) in [4.78, 5) is 4.46. The minimum atomic E-state index is 0. The molecule has 1 heterocycles. The molecule has 0 aliphatic heterocycles. The number of benzene rings is 2. The molecule has 7 heteroatoms. The van der Waals surface area contributed by atoms with Crippen LogP contribution >= 0.6 is 24.0 Å². The number of hydrogen-bond donors (Lipinski definition) is 2. The smallest absolute Gasteiger partial charge is 0.193 e. The molecule has 3 rings (SSSR count). The number of nitrogens with two attached hydrogens (primary N) is 1. The molecule has 2 aromatic carbocycles. The lowest BCUT2D eigenvalue weighted by molar-refractivity contribution is 0.858. The molecule has 0 unspecified atom stereocenters. The predicted molar refractivity (Wildman–Crippen MR) is 121 cm³/mol. The largest absolute Gasteiger partial charge is 0.370 e. The highest BCUT2D eigenvalue weighted by Crippen LogP contribution is 2.22. The van der Waals surface area contributed by atoms with Crippen molar-refractivity contribution in [2.24, 2.45) is 10.7 Å². The lowest BCUT2D eigenvalue weighted by Gasteiger charge is -2.14. The molecule has 0 aliphatic rings. The highest BCUT2D eigenvalue weighted by atomic mass is 127. The van der Waals surface area contributed by atoms with E-state index in [0.29, 0.717) is 12.5 Å². The van der Waals surface area contributed by atoms with Gasteiger partial charge in [0.15, 0.2) is 11.8 Å². The molecule has 3 N–H and O–H groups in total. The summed E-state index contributed by atoms with van der Waals surface area (Å²) in [6, 6.07) is 16.2. The summed E-state index contributed by atoms with van der Waals surface area (Å²) in [5.74, 6) is 1.11. The van der Waals surface area contributed by atoms with Crippen LogP contribution in [0.5, 0.6) is 0 Å². The SMILES string of the molecule is CCc1cccc(CC)c1NC(N)=NCc1nncn1-c1ccccc1.I. The maximum Gasteiger partial charge on any atom is 0.193 e. The summed E-state index contributed by atoms with van der Waals surface area (Å²) < 4.78 is 1.91. The van der Waals surface area contributed by atoms with Gasteiger partial charge in [-0.3, -0.25) is 4.57 Å². The molecule has 27 heavy (non-hydrogen) atoms. The number of guanidine groups is 1. The van der Waals surface area contributed by atoms with Crippen molar-refractivity contribution < 1.29 is 0 Å². The van der Waals surface area contributed by atoms with E-state index in [9.17, 15) is 0 Å². The number of aliphatic imine (C=N–C) groups is 1. The van der Waals surface area contributed by atoms with Gasteiger partial charge in [0, 0.05) is 11.4 Å². The van der Waals surface area contributed by atoms with Crippen molar-refractivity contribution in [3.05, 3.63) is 71.8 Å². The van der Waals surface area contributed by atoms with Gasteiger partial charge in [-0.15, -0.1) is 34.2 Å². The van der Waals surface area contributed by atoms with Crippen LogP contribution in [-0.4, -0.2) is 20.7 Å². The molecule has 0 bridgehead atoms. The van der Waals surface area contributed by atoms with E-state index in [0.717, 1.165) is 30.0 Å². The van der Waals surface area contributed by atoms with Crippen LogP contribution in [0.4, 0.5) is 5.69 Å². The quantitative estimate of drug-likeness (QED) is 0.321. The first-order valence-corrected chi connectivity index (χ1v) is 8.85. The van der Waals surface area contributed by atoms with Gasteiger partial charge in [-0.25, -0.2) is 4.99 Å². The molecule has 0 fully saturated rings. The van der Waals surface area contributed by atoms with Crippen LogP contribution in [0, 0.1) is 0 Å². The highest BCUT2D eigenvalue weighted by Gasteiger charge is 2.08. The second-order valence-electron chi connectivity index (χ2n) is 5.94. The minimum Gasteiger partial charge on any atom is -0.370 e. The number of nitrogens with zero attached hydrogens (tertiary/aromatic N) is 4. The summed E-state index contributed by atoms with van der Waals surface area (Å²) in [7, 11) is 0. The number of aryl methyl sites for hydroxylation is 2. The third-order valence-electron chi connectivity index (χ3n) is 4.30. The van der Waals surface area contributed by atoms with Crippen LogP contribution < -0.4 is 11.1 Å². The third kappa shape index (κ3) is 5.06. The van der Waals surface area contributed by atoms with Crippen LogP contribution in [0.3, 0.4) is 0 Å². The minimum absolute atomic E-state index is 0. The molecule has 0 atom stereocenters. The fourth-order valence-corrected chi connectivity index (χ4v) is 2.90. The zero-order valence-corrected chi connectivity index (χ0v) is 17.9. The van der Waals surface area contributed by atoms with Crippen LogP contribution in [-0.2, 0) is 19.4 Å². The number of rotatable bonds is 6. The van der Waals surface area contributed by atoms with Crippen molar-refractivity contribution in [1.29, 1.82) is 0 Å². The van der Waals surface area contributed by atoms with Crippen LogP contribution in [0.2, 0.25) is 0 Å². The highest BCUT2D eigenvalue weighted by molar-refractivity contribution is 14.0. The Morgan fingerprint density at radius 2 is 1.70 bits per heavy atom. The van der Waals surface area contributed by atoms with E-state index in [4.69, 9.17) is 5.73 Å². The summed E-state index contributed by atoms with van der Waals surface area (Å²) in [5.41, 5.74) is 10.7. The van der Waals surface area contributed by atoms with Crippen LogP contribution in [0.25, 0.3) is 5.69 Å². The second-order valence-corrected chi connectivity index (χ2v) is 5.94. The van der Waals surface area contributed by atoms with Gasteiger partial charge in [0.05, 0.1) is 0 Å². The van der Waals surface area contributed by atoms with Crippen LogP contribution in [0.1, 0.15) is 30.8 Å². The molecular weight excluding hydrogens is 451 g/mol. The lowest BCUT2D eigenvalue weighted by atomic mass is 10.0. The van der Waals surface area contributed by atoms with Gasteiger partial charge in [-0.1, -0.05) is 50.2 Å². The van der Waals surface area contributed by atoms with E-state index < -0.39 is 0 Å². The monoisotopic (exact) mass is 476 g/mol. The van der Waals surface area contributed by atoms with E-state index >= 15 is 0 Å². The van der Waals surface area contributed by atoms with Crippen LogP contribution in [0.15, 0.2) is 59.9 Å². The molecule has 3 aromatic rings. The Kier molecular flexibility index (Phi) is 7.78. The van der Waals surface area contributed by atoms with Gasteiger partial charge in [0.1, 0.15) is 12.9 Å². The number of halogens is 1. The Morgan fingerprint density at radius 1 is 1.04 bits per heavy atom. The zero-order chi connectivity index (χ0) is 18.4. The molecule has 6 nitrogen and oxygen atoms in total. The fraction of sp³-hybridized carbons (Fsp3) is 0.250. The van der Waals surface area contributed by atoms with Crippen molar-refractivity contribution >= 4 is 35.6 Å². The van der Waals surface area contributed by atoms with E-state index in [1.807, 2.05) is 34.9 Å². The first-order chi connectivity index (χ1) is 12.7. The van der Waals surface area contributed by atoms with Crippen molar-refractivity contribution in [3.8, 4) is 5.69 Å². The van der Waals surface area contributed by atoms with E-state index in [2.05, 4.69) is 52.6 Å². The summed E-state index contributed by atoms with van der Waals surface area (Å²) in [6.07, 6.45) is 3.56. The summed E-state index contributed by atoms with van der Waals surface area (Å²) in [6.45, 7) is 4.62. The molecule has 0 aliphatic carbocycles. The molecule has 0 spiro atoms. The fourth-order valence-electron chi connectivity index (χ4n) is 2.90. The van der Waals surface area contributed by atoms with E-state index in [1.165, 1.54) is 11.1 Å². The van der Waals surface area contributed by atoms with Crippen molar-refractivity contribution in [1.82, 2.24) is 14.8 Å². The number of aromatic nitrogens is 3. The Bertz CT molecular complexity index is 866. The third-order valence-corrected chi connectivity index (χ3v) is 4.30. The molecule has 0 amide bonds. The molecule has 0 saturated carbocycles. The van der Waals surface area contributed by atoms with E-state index in [-0.39, 0.29) is 24.0 Å². The standard InChI is InChI=1S/C20H24N6.HI/c1-3-15-9-8-10-16(4-2)19(15)24-20(21)22-13-18-25-23-14-26(18)17-11-6-5-7-12-17;/h5-12,14H,3-4,13H2,1-2H3,(H3,21,22,24);1H. The topological polar surface area (TPSA) is 81.1 Å². The number of anilines is 1. The Labute approximate surface area is 176 Å². The molecular formula is C20H25IN6. The van der Waals surface area contributed by atoms with Crippen molar-refractivity contribution in [3.63, 3.8) is 0 Å². The van der Waals surface area contributed by atoms with Gasteiger partial charge in [-0.2, -0.15) is 0 Å². The predicted octanol–water partition coefficient (Wildman–Crippen LogP) is 3.94. The van der Waals surface area contributed by atoms with Gasteiger partial charge in [0.25, 0.3) is 0 Å². The van der Waals surface area contributed by atoms with Gasteiger partial charge in [-0.05, 0) is 36.1 Å². The number of hydrogen-bond acceptors (Lipinski definition) is 3. The molecule has 142 valence electrons. The maximum absolute atomic E-state index is 6.14. The number of nitrogens with one attached hydrogen (secondary N) is 1. The van der Waals surface area contributed by atoms with Gasteiger partial charge >= 0.3 is 0 Å². The Balaban J connectivity index is 0.00000261. The number of para-hydroxylation sites is 2. The molecule has 0 saturated heterocycles. The summed E-state index contributed by atoms with van der Waals surface area (Å²) >= 11 is 0. The normalized spacial score (nSPS) is 11.1. The first kappa shape index (κ1) is 20.9. The lowest BCUT2D eigenvalue weighted by Crippen LogP contribution is -2.24. The Morgan fingerprint density at radius 3 is 2.33 bits per heavy atom. The summed E-state index contributed by atoms with van der Waals surface area (Å²) in [5, 5.41) is 11.4. The average Bonchev–Trinajstić information content (AvgIpc) is 3.16. The maximum atomic E-state index is 6.14. The van der Waals surface area contributed by atoms with Crippen molar-refractivity contribution in [2.75, 3.05) is 5.32 Å². The van der Waals surface area contributed by atoms with E-state index in [1.54, 1.807) is 6.33 Å². The zero-order valence-electron chi connectivity index (χ0n) is 15.6. The van der Waals surface area contributed by atoms with Gasteiger partial charge < -0.3 is 11.1 Å². The first-order valence-electron chi connectivity index (χ1n) is 8.85. The van der Waals surface area contributed by atoms with Gasteiger partial charge in [0.2, 0.25) is 0 Å². The second kappa shape index (κ2) is 10.1. The van der Waals surface area contributed by atoms with Crippen molar-refractivity contribution in [2.45, 2.75) is 33.2 Å².